The molecule has 4 N–H and O–H groups in total. The van der Waals surface area contributed by atoms with Gasteiger partial charge >= 0.3 is 0 Å². The molecule has 0 saturated heterocycles. The number of rotatable bonds is 3. The number of aromatic hydroxyl groups is 2. The first-order valence-corrected chi connectivity index (χ1v) is 4.98. The molecule has 1 aromatic carbocycles. The number of phenolic OH excluding ortho intramolecular Hbond substituents is 2. The Morgan fingerprint density at radius 3 is 2.59 bits per heavy atom. The van der Waals surface area contributed by atoms with Gasteiger partial charge in [0.2, 0.25) is 11.9 Å². The van der Waals surface area contributed by atoms with Gasteiger partial charge in [-0.1, -0.05) is 0 Å². The maximum atomic E-state index is 9.41. The van der Waals surface area contributed by atoms with E-state index in [1.54, 1.807) is 25.1 Å². The van der Waals surface area contributed by atoms with Crippen LogP contribution in [0.15, 0.2) is 18.2 Å². The highest BCUT2D eigenvalue weighted by Crippen LogP contribution is 2.31. The highest BCUT2D eigenvalue weighted by Gasteiger charge is 2.10. The topological polar surface area (TPSA) is 97.3 Å². The van der Waals surface area contributed by atoms with Crippen molar-refractivity contribution in [3.05, 3.63) is 18.2 Å². The number of anilines is 3. The number of hydrogen-bond donors (Lipinski definition) is 4. The molecular weight excluding hydrogens is 222 g/mol. The molecule has 17 heavy (non-hydrogen) atoms. The Bertz CT molecular complexity index is 525. The number of aromatic amines is 1. The lowest BCUT2D eigenvalue weighted by Crippen LogP contribution is -2.11. The fraction of sp³-hybridized carbons (Fsp3) is 0.200. The molecule has 0 saturated carbocycles. The second-order valence-electron chi connectivity index (χ2n) is 3.48. The quantitative estimate of drug-likeness (QED) is 0.593. The molecule has 7 nitrogen and oxygen atoms in total. The Morgan fingerprint density at radius 1 is 1.24 bits per heavy atom. The van der Waals surface area contributed by atoms with Gasteiger partial charge in [-0.05, 0) is 12.1 Å². The molecule has 0 aliphatic rings. The maximum absolute atomic E-state index is 9.41. The summed E-state index contributed by atoms with van der Waals surface area (Å²) in [7, 11) is 3.50. The number of H-pyrrole nitrogens is 1. The first-order chi connectivity index (χ1) is 8.11. The van der Waals surface area contributed by atoms with Gasteiger partial charge in [0.25, 0.3) is 0 Å². The van der Waals surface area contributed by atoms with Crippen molar-refractivity contribution in [1.82, 2.24) is 15.2 Å². The molecule has 0 aliphatic heterocycles. The Hall–Kier alpha value is -2.44. The standard InChI is InChI=1S/C10H13N5O2/c1-11-9-12-10(14-13-9)15(2)6-3-4-7(16)8(17)5-6/h3-5,16-17H,1-2H3,(H2,11,12,13,14). The smallest absolute Gasteiger partial charge is 0.230 e. The molecule has 0 amide bonds. The van der Waals surface area contributed by atoms with Crippen LogP contribution in [-0.2, 0) is 0 Å². The number of nitrogens with zero attached hydrogens (tertiary/aromatic N) is 3. The molecule has 0 atom stereocenters. The van der Waals surface area contributed by atoms with E-state index in [4.69, 9.17) is 0 Å². The van der Waals surface area contributed by atoms with E-state index in [0.717, 1.165) is 0 Å². The number of nitrogens with one attached hydrogen (secondary N) is 2. The third-order valence-electron chi connectivity index (χ3n) is 2.38. The van der Waals surface area contributed by atoms with Crippen molar-refractivity contribution in [2.24, 2.45) is 0 Å². The third kappa shape index (κ3) is 2.07. The highest BCUT2D eigenvalue weighted by molar-refractivity contribution is 5.61. The van der Waals surface area contributed by atoms with Crippen molar-refractivity contribution in [3.63, 3.8) is 0 Å². The maximum Gasteiger partial charge on any atom is 0.230 e. The summed E-state index contributed by atoms with van der Waals surface area (Å²) < 4.78 is 0. The third-order valence-corrected chi connectivity index (χ3v) is 2.38. The van der Waals surface area contributed by atoms with Crippen molar-refractivity contribution in [3.8, 4) is 11.5 Å². The van der Waals surface area contributed by atoms with Gasteiger partial charge in [0.15, 0.2) is 11.5 Å². The zero-order valence-electron chi connectivity index (χ0n) is 9.47. The second-order valence-corrected chi connectivity index (χ2v) is 3.48. The monoisotopic (exact) mass is 235 g/mol. The summed E-state index contributed by atoms with van der Waals surface area (Å²) in [6.07, 6.45) is 0. The number of hydrogen-bond acceptors (Lipinski definition) is 6. The first-order valence-electron chi connectivity index (χ1n) is 4.98. The van der Waals surface area contributed by atoms with Crippen LogP contribution in [-0.4, -0.2) is 39.5 Å². The number of aromatic nitrogens is 3. The van der Waals surface area contributed by atoms with Gasteiger partial charge in [0.05, 0.1) is 0 Å². The lowest BCUT2D eigenvalue weighted by atomic mass is 10.2. The minimum Gasteiger partial charge on any atom is -0.504 e. The average molecular weight is 235 g/mol. The van der Waals surface area contributed by atoms with Gasteiger partial charge < -0.3 is 20.4 Å². The van der Waals surface area contributed by atoms with E-state index >= 15 is 0 Å². The lowest BCUT2D eigenvalue weighted by molar-refractivity contribution is 0.404. The van der Waals surface area contributed by atoms with Crippen LogP contribution >= 0.6 is 0 Å². The van der Waals surface area contributed by atoms with Crippen molar-refractivity contribution < 1.29 is 10.2 Å². The summed E-state index contributed by atoms with van der Waals surface area (Å²) in [6, 6.07) is 4.52. The van der Waals surface area contributed by atoms with Crippen LogP contribution in [0, 0.1) is 0 Å². The number of phenols is 2. The molecule has 7 heteroatoms. The highest BCUT2D eigenvalue weighted by atomic mass is 16.3. The Morgan fingerprint density at radius 2 is 2.00 bits per heavy atom. The fourth-order valence-corrected chi connectivity index (χ4v) is 1.36. The fourth-order valence-electron chi connectivity index (χ4n) is 1.36. The molecule has 2 rings (SSSR count). The van der Waals surface area contributed by atoms with Crippen LogP contribution in [0.25, 0.3) is 0 Å². The molecule has 0 aliphatic carbocycles. The predicted molar refractivity (Wildman–Crippen MR) is 63.8 cm³/mol. The molecule has 90 valence electrons. The summed E-state index contributed by atoms with van der Waals surface area (Å²) in [5.41, 5.74) is 0.680. The predicted octanol–water partition coefficient (Wildman–Crippen LogP) is 1.03. The lowest BCUT2D eigenvalue weighted by Gasteiger charge is -2.15. The van der Waals surface area contributed by atoms with E-state index < -0.39 is 0 Å². The Kier molecular flexibility index (Phi) is 2.73. The van der Waals surface area contributed by atoms with E-state index in [2.05, 4.69) is 20.5 Å². The van der Waals surface area contributed by atoms with Crippen LogP contribution in [0.5, 0.6) is 11.5 Å². The minimum atomic E-state index is -0.178. The van der Waals surface area contributed by atoms with Gasteiger partial charge in [0, 0.05) is 25.8 Å². The van der Waals surface area contributed by atoms with Crippen LogP contribution in [0.2, 0.25) is 0 Å². The number of benzene rings is 1. The van der Waals surface area contributed by atoms with Gasteiger partial charge in [0.1, 0.15) is 0 Å². The molecule has 0 bridgehead atoms. The molecule has 0 radical (unpaired) electrons. The summed E-state index contributed by atoms with van der Waals surface area (Å²) in [6.45, 7) is 0. The average Bonchev–Trinajstić information content (AvgIpc) is 2.80. The van der Waals surface area contributed by atoms with Gasteiger partial charge in [-0.25, -0.2) is 0 Å². The normalized spacial score (nSPS) is 10.2. The Labute approximate surface area is 97.7 Å². The first kappa shape index (κ1) is 11.1. The van der Waals surface area contributed by atoms with Crippen LogP contribution in [0.1, 0.15) is 0 Å². The minimum absolute atomic E-state index is 0.157. The summed E-state index contributed by atoms with van der Waals surface area (Å²) >= 11 is 0. The van der Waals surface area contributed by atoms with E-state index in [9.17, 15) is 10.2 Å². The van der Waals surface area contributed by atoms with Crippen molar-refractivity contribution in [1.29, 1.82) is 0 Å². The molecule has 0 unspecified atom stereocenters. The van der Waals surface area contributed by atoms with Gasteiger partial charge in [-0.3, -0.25) is 4.98 Å². The molecule has 1 aromatic heterocycles. The summed E-state index contributed by atoms with van der Waals surface area (Å²) in [5.74, 6) is 0.743. The van der Waals surface area contributed by atoms with Gasteiger partial charge in [-0.2, -0.15) is 0 Å². The van der Waals surface area contributed by atoms with E-state index in [0.29, 0.717) is 17.6 Å². The van der Waals surface area contributed by atoms with Crippen LogP contribution < -0.4 is 10.2 Å². The molecule has 0 spiro atoms. The van der Waals surface area contributed by atoms with E-state index in [1.807, 2.05) is 0 Å². The van der Waals surface area contributed by atoms with Crippen molar-refractivity contribution in [2.75, 3.05) is 24.3 Å². The summed E-state index contributed by atoms with van der Waals surface area (Å²) in [5, 5.41) is 29.2. The van der Waals surface area contributed by atoms with Crippen molar-refractivity contribution >= 4 is 17.6 Å². The zero-order valence-corrected chi connectivity index (χ0v) is 9.47. The SMILES string of the molecule is CNc1nnc(N(C)c2ccc(O)c(O)c2)[nH]1. The molecule has 1 heterocycles. The largest absolute Gasteiger partial charge is 0.504 e. The van der Waals surface area contributed by atoms with Crippen LogP contribution in [0.4, 0.5) is 17.6 Å². The molecule has 2 aromatic rings. The summed E-state index contributed by atoms with van der Waals surface area (Å²) in [4.78, 5) is 4.65. The molecule has 0 fully saturated rings. The Balaban J connectivity index is 2.29. The zero-order chi connectivity index (χ0) is 12.4. The van der Waals surface area contributed by atoms with Crippen molar-refractivity contribution in [2.45, 2.75) is 0 Å². The van der Waals surface area contributed by atoms with Crippen LogP contribution in [0.3, 0.4) is 0 Å². The van der Waals surface area contributed by atoms with E-state index in [-0.39, 0.29) is 11.5 Å². The van der Waals surface area contributed by atoms with Gasteiger partial charge in [-0.15, -0.1) is 10.2 Å². The second kappa shape index (κ2) is 4.20. The van der Waals surface area contributed by atoms with E-state index in [1.165, 1.54) is 12.1 Å². The molecular formula is C10H13N5O2.